The smallest absolute Gasteiger partial charge is 0.191 e. The molecule has 1 aromatic heterocycles. The van der Waals surface area contributed by atoms with Gasteiger partial charge in [-0.15, -0.1) is 10.2 Å². The Kier molecular flexibility index (Phi) is 9.76. The molecule has 0 atom stereocenters. The summed E-state index contributed by atoms with van der Waals surface area (Å²) >= 11 is 0. The molecule has 0 spiro atoms. The molecule has 0 radical (unpaired) electrons. The van der Waals surface area contributed by atoms with E-state index in [-0.39, 0.29) is 0 Å². The van der Waals surface area contributed by atoms with Crippen molar-refractivity contribution >= 4 is 5.96 Å². The molecule has 0 amide bonds. The average Bonchev–Trinajstić information content (AvgIpc) is 2.93. The quantitative estimate of drug-likeness (QED) is 0.286. The summed E-state index contributed by atoms with van der Waals surface area (Å²) in [6.07, 6.45) is 15.1. The van der Waals surface area contributed by atoms with E-state index in [1.54, 1.807) is 0 Å². The number of aliphatic imine (C=N–C) groups is 1. The summed E-state index contributed by atoms with van der Waals surface area (Å²) in [5.41, 5.74) is 0. The van der Waals surface area contributed by atoms with Gasteiger partial charge in [0.25, 0.3) is 0 Å². The van der Waals surface area contributed by atoms with Crippen LogP contribution in [0.4, 0.5) is 0 Å². The van der Waals surface area contributed by atoms with Crippen molar-refractivity contribution in [1.29, 1.82) is 0 Å². The van der Waals surface area contributed by atoms with Gasteiger partial charge in [0.2, 0.25) is 0 Å². The molecule has 1 aromatic rings. The molecule has 1 fully saturated rings. The molecule has 0 unspecified atom stereocenters. The third-order valence-electron chi connectivity index (χ3n) is 5.91. The summed E-state index contributed by atoms with van der Waals surface area (Å²) in [5, 5.41) is 15.6. The van der Waals surface area contributed by atoms with E-state index in [9.17, 15) is 0 Å². The molecule has 2 aliphatic rings. The fraction of sp³-hybridized carbons (Fsp3) is 0.864. The maximum Gasteiger partial charge on any atom is 0.191 e. The summed E-state index contributed by atoms with van der Waals surface area (Å²) < 4.78 is 8.40. The van der Waals surface area contributed by atoms with E-state index < -0.39 is 0 Å². The molecule has 0 aromatic carbocycles. The van der Waals surface area contributed by atoms with Gasteiger partial charge < -0.3 is 19.9 Å². The normalized spacial score (nSPS) is 18.7. The summed E-state index contributed by atoms with van der Waals surface area (Å²) in [6.45, 7) is 6.39. The molecule has 1 aliphatic heterocycles. The largest absolute Gasteiger partial charge is 0.376 e. The van der Waals surface area contributed by atoms with Crippen LogP contribution >= 0.6 is 0 Å². The van der Waals surface area contributed by atoms with Crippen molar-refractivity contribution in [2.24, 2.45) is 4.99 Å². The monoisotopic (exact) mass is 404 g/mol. The Labute approximate surface area is 176 Å². The van der Waals surface area contributed by atoms with Crippen molar-refractivity contribution in [3.05, 3.63) is 11.6 Å². The lowest BCUT2D eigenvalue weighted by molar-refractivity contribution is 0.0468. The molecule has 1 saturated carbocycles. The molecule has 164 valence electrons. The molecule has 7 nitrogen and oxygen atoms in total. The highest BCUT2D eigenvalue weighted by atomic mass is 16.5. The molecule has 2 N–H and O–H groups in total. The highest BCUT2D eigenvalue weighted by Crippen LogP contribution is 2.19. The van der Waals surface area contributed by atoms with Gasteiger partial charge in [-0.3, -0.25) is 4.99 Å². The Morgan fingerprint density at radius 1 is 1.07 bits per heavy atom. The van der Waals surface area contributed by atoms with Crippen LogP contribution in [0, 0.1) is 0 Å². The number of nitrogens with one attached hydrogen (secondary N) is 2. The van der Waals surface area contributed by atoms with Gasteiger partial charge in [0.15, 0.2) is 5.96 Å². The topological polar surface area (TPSA) is 76.4 Å². The predicted molar refractivity (Wildman–Crippen MR) is 117 cm³/mol. The number of aromatic nitrogens is 3. The van der Waals surface area contributed by atoms with Gasteiger partial charge in [-0.25, -0.2) is 0 Å². The molecule has 7 heteroatoms. The van der Waals surface area contributed by atoms with Gasteiger partial charge in [-0.05, 0) is 39.0 Å². The van der Waals surface area contributed by atoms with E-state index in [1.807, 2.05) is 0 Å². The number of rotatable bonds is 9. The van der Waals surface area contributed by atoms with Crippen LogP contribution in [-0.2, 0) is 24.1 Å². The van der Waals surface area contributed by atoms with E-state index in [0.29, 0.717) is 6.10 Å². The van der Waals surface area contributed by atoms with Gasteiger partial charge in [0.05, 0.1) is 12.7 Å². The highest BCUT2D eigenvalue weighted by Gasteiger charge is 2.14. The molecule has 1 aliphatic carbocycles. The van der Waals surface area contributed by atoms with E-state index in [2.05, 4.69) is 32.3 Å². The molecule has 29 heavy (non-hydrogen) atoms. The van der Waals surface area contributed by atoms with E-state index in [0.717, 1.165) is 63.8 Å². The third-order valence-corrected chi connectivity index (χ3v) is 5.91. The second-order valence-electron chi connectivity index (χ2n) is 8.27. The van der Waals surface area contributed by atoms with Gasteiger partial charge >= 0.3 is 0 Å². The van der Waals surface area contributed by atoms with Crippen LogP contribution in [0.1, 0.15) is 82.8 Å². The zero-order valence-electron chi connectivity index (χ0n) is 18.3. The second kappa shape index (κ2) is 12.8. The first-order chi connectivity index (χ1) is 14.4. The SMILES string of the molecule is CCNC(=NCCCc1nnc2n1CCCCC2)NCCOC1CCCCCC1. The molecule has 3 rings (SSSR count). The minimum Gasteiger partial charge on any atom is -0.376 e. The lowest BCUT2D eigenvalue weighted by atomic mass is 10.1. The van der Waals surface area contributed by atoms with Crippen LogP contribution < -0.4 is 10.6 Å². The van der Waals surface area contributed by atoms with Crippen molar-refractivity contribution in [3.8, 4) is 0 Å². The molecular weight excluding hydrogens is 364 g/mol. The van der Waals surface area contributed by atoms with Crippen LogP contribution in [0.2, 0.25) is 0 Å². The molecular formula is C22H40N6O. The van der Waals surface area contributed by atoms with Crippen LogP contribution in [0.5, 0.6) is 0 Å². The highest BCUT2D eigenvalue weighted by molar-refractivity contribution is 5.79. The van der Waals surface area contributed by atoms with Crippen LogP contribution in [0.15, 0.2) is 4.99 Å². The molecule has 0 bridgehead atoms. The first kappa shape index (κ1) is 22.1. The van der Waals surface area contributed by atoms with Crippen molar-refractivity contribution in [1.82, 2.24) is 25.4 Å². The number of hydrogen-bond acceptors (Lipinski definition) is 4. The number of ether oxygens (including phenoxy) is 1. The minimum atomic E-state index is 0.456. The third kappa shape index (κ3) is 7.61. The van der Waals surface area contributed by atoms with E-state index in [4.69, 9.17) is 9.73 Å². The van der Waals surface area contributed by atoms with Gasteiger partial charge in [0, 0.05) is 39.0 Å². The lowest BCUT2D eigenvalue weighted by Crippen LogP contribution is -2.39. The van der Waals surface area contributed by atoms with Crippen molar-refractivity contribution in [2.45, 2.75) is 96.6 Å². The van der Waals surface area contributed by atoms with Crippen LogP contribution in [0.3, 0.4) is 0 Å². The molecule has 0 saturated heterocycles. The van der Waals surface area contributed by atoms with Crippen molar-refractivity contribution in [2.75, 3.05) is 26.2 Å². The number of aryl methyl sites for hydroxylation is 2. The van der Waals surface area contributed by atoms with Gasteiger partial charge in [0.1, 0.15) is 11.6 Å². The summed E-state index contributed by atoms with van der Waals surface area (Å²) in [6, 6.07) is 0. The predicted octanol–water partition coefficient (Wildman–Crippen LogP) is 3.23. The maximum atomic E-state index is 6.07. The summed E-state index contributed by atoms with van der Waals surface area (Å²) in [4.78, 5) is 4.72. The average molecular weight is 405 g/mol. The number of fused-ring (bicyclic) bond motifs is 1. The molecule has 2 heterocycles. The van der Waals surface area contributed by atoms with Crippen molar-refractivity contribution in [3.63, 3.8) is 0 Å². The lowest BCUT2D eigenvalue weighted by Gasteiger charge is -2.16. The Morgan fingerprint density at radius 3 is 2.72 bits per heavy atom. The zero-order valence-corrected chi connectivity index (χ0v) is 18.3. The fourth-order valence-electron chi connectivity index (χ4n) is 4.30. The minimum absolute atomic E-state index is 0.456. The van der Waals surface area contributed by atoms with Crippen LogP contribution in [-0.4, -0.2) is 53.1 Å². The first-order valence-electron chi connectivity index (χ1n) is 11.9. The van der Waals surface area contributed by atoms with E-state index in [1.165, 1.54) is 63.6 Å². The van der Waals surface area contributed by atoms with Gasteiger partial charge in [-0.1, -0.05) is 32.1 Å². The Morgan fingerprint density at radius 2 is 1.90 bits per heavy atom. The second-order valence-corrected chi connectivity index (χ2v) is 8.27. The fourth-order valence-corrected chi connectivity index (χ4v) is 4.30. The standard InChI is InChI=1S/C22H40N6O/c1-2-23-22(25-16-18-29-19-11-6-3-4-7-12-19)24-15-10-14-21-27-26-20-13-8-5-9-17-28(20)21/h19H,2-18H2,1H3,(H2,23,24,25). The van der Waals surface area contributed by atoms with Crippen molar-refractivity contribution < 1.29 is 4.74 Å². The Bertz CT molecular complexity index is 606. The summed E-state index contributed by atoms with van der Waals surface area (Å²) in [7, 11) is 0. The first-order valence-corrected chi connectivity index (χ1v) is 11.9. The Balaban J connectivity index is 1.36. The number of nitrogens with zero attached hydrogens (tertiary/aromatic N) is 4. The Hall–Kier alpha value is -1.63. The van der Waals surface area contributed by atoms with Crippen LogP contribution in [0.25, 0.3) is 0 Å². The van der Waals surface area contributed by atoms with E-state index >= 15 is 0 Å². The summed E-state index contributed by atoms with van der Waals surface area (Å²) in [5.74, 6) is 3.19. The number of guanidine groups is 1. The maximum absolute atomic E-state index is 6.07. The van der Waals surface area contributed by atoms with Gasteiger partial charge in [-0.2, -0.15) is 0 Å². The number of hydrogen-bond donors (Lipinski definition) is 2. The zero-order chi connectivity index (χ0) is 20.2.